The van der Waals surface area contributed by atoms with Gasteiger partial charge in [-0.2, -0.15) is 0 Å². The molecule has 1 aliphatic carbocycles. The van der Waals surface area contributed by atoms with Crippen molar-refractivity contribution in [1.29, 1.82) is 0 Å². The van der Waals surface area contributed by atoms with Crippen LogP contribution in [0.2, 0.25) is 0 Å². The fourth-order valence-electron chi connectivity index (χ4n) is 6.27. The number of hydrogen-bond acceptors (Lipinski definition) is 2. The zero-order valence-electron chi connectivity index (χ0n) is 20.4. The molecule has 1 atom stereocenters. The average molecular weight is 505 g/mol. The van der Waals surface area contributed by atoms with Gasteiger partial charge in [-0.15, -0.1) is 0 Å². The maximum Gasteiger partial charge on any atom is 0.194 e. The molecule has 0 fully saturated rings. The second-order valence-corrected chi connectivity index (χ2v) is 12.7. The molecule has 0 bridgehead atoms. The average Bonchev–Trinajstić information content (AvgIpc) is 3.27. The number of ketones is 1. The molecular weight excluding hydrogens is 483 g/mol. The van der Waals surface area contributed by atoms with E-state index in [4.69, 9.17) is 0 Å². The van der Waals surface area contributed by atoms with Gasteiger partial charge in [0.15, 0.2) is 12.9 Å². The van der Waals surface area contributed by atoms with Gasteiger partial charge in [-0.05, 0) is 61.6 Å². The van der Waals surface area contributed by atoms with E-state index < -0.39 is 7.14 Å². The first-order chi connectivity index (χ1) is 18.6. The fourth-order valence-corrected chi connectivity index (χ4v) is 9.12. The highest BCUT2D eigenvalue weighted by Gasteiger charge is 2.35. The van der Waals surface area contributed by atoms with Gasteiger partial charge in [0, 0.05) is 27.0 Å². The highest BCUT2D eigenvalue weighted by molar-refractivity contribution is 7.85. The van der Waals surface area contributed by atoms with Crippen LogP contribution >= 0.6 is 7.14 Å². The summed E-state index contributed by atoms with van der Waals surface area (Å²) in [5, 5.41) is 9.21. The molecule has 7 aromatic carbocycles. The summed E-state index contributed by atoms with van der Waals surface area (Å²) in [7, 11) is -3.31. The number of rotatable bonds is 3. The first-order valence-corrected chi connectivity index (χ1v) is 14.5. The molecule has 2 nitrogen and oxygen atoms in total. The van der Waals surface area contributed by atoms with Crippen molar-refractivity contribution in [1.82, 2.24) is 0 Å². The molecule has 0 saturated carbocycles. The van der Waals surface area contributed by atoms with Crippen LogP contribution in [0.25, 0.3) is 43.4 Å². The maximum atomic E-state index is 15.7. The summed E-state index contributed by atoms with van der Waals surface area (Å²) in [6.07, 6.45) is 0. The second-order valence-electron chi connectivity index (χ2n) is 9.99. The first-order valence-electron chi connectivity index (χ1n) is 12.8. The van der Waals surface area contributed by atoms with Gasteiger partial charge in [-0.25, -0.2) is 0 Å². The summed E-state index contributed by atoms with van der Waals surface area (Å²) in [6.45, 7) is 0. The zero-order valence-corrected chi connectivity index (χ0v) is 21.3. The Kier molecular flexibility index (Phi) is 4.39. The molecule has 1 unspecified atom stereocenters. The van der Waals surface area contributed by atoms with Gasteiger partial charge < -0.3 is 4.57 Å². The van der Waals surface area contributed by atoms with E-state index in [1.807, 2.05) is 78.9 Å². The summed E-state index contributed by atoms with van der Waals surface area (Å²) in [5.41, 5.74) is 3.14. The van der Waals surface area contributed by atoms with Gasteiger partial charge in [0.2, 0.25) is 0 Å². The Morgan fingerprint density at radius 1 is 0.447 bits per heavy atom. The van der Waals surface area contributed by atoms with E-state index in [1.165, 1.54) is 16.2 Å². The summed E-state index contributed by atoms with van der Waals surface area (Å²) in [5.74, 6) is 0.0272. The van der Waals surface area contributed by atoms with Crippen molar-refractivity contribution in [3.05, 3.63) is 139 Å². The van der Waals surface area contributed by atoms with Crippen molar-refractivity contribution in [3.63, 3.8) is 0 Å². The first kappa shape index (κ1) is 21.6. The smallest absolute Gasteiger partial charge is 0.194 e. The third-order valence-electron chi connectivity index (χ3n) is 8.04. The van der Waals surface area contributed by atoms with Crippen molar-refractivity contribution in [3.8, 4) is 11.1 Å². The number of benzene rings is 7. The Bertz CT molecular complexity index is 2110. The lowest BCUT2D eigenvalue weighted by Gasteiger charge is -2.23. The van der Waals surface area contributed by atoms with Crippen molar-refractivity contribution in [2.45, 2.75) is 0 Å². The summed E-state index contributed by atoms with van der Waals surface area (Å²) < 4.78 is 15.7. The molecule has 38 heavy (non-hydrogen) atoms. The normalized spacial score (nSPS) is 14.2. The minimum atomic E-state index is -3.31. The molecule has 0 aliphatic heterocycles. The van der Waals surface area contributed by atoms with Gasteiger partial charge in [-0.1, -0.05) is 109 Å². The molecule has 0 N–H and O–H groups in total. The molecule has 1 aliphatic rings. The minimum absolute atomic E-state index is 0.0272. The van der Waals surface area contributed by atoms with Crippen LogP contribution in [-0.2, 0) is 4.57 Å². The molecule has 0 amide bonds. The predicted octanol–water partition coefficient (Wildman–Crippen LogP) is 7.43. The fraction of sp³-hybridized carbons (Fsp3) is 0. The van der Waals surface area contributed by atoms with Crippen LogP contribution in [0.4, 0.5) is 0 Å². The molecule has 178 valence electrons. The van der Waals surface area contributed by atoms with Crippen molar-refractivity contribution < 1.29 is 9.36 Å². The molecule has 0 spiro atoms. The lowest BCUT2D eigenvalue weighted by atomic mass is 9.94. The molecule has 0 aromatic heterocycles. The van der Waals surface area contributed by atoms with E-state index in [9.17, 15) is 4.79 Å². The molecule has 3 heteroatoms. The van der Waals surface area contributed by atoms with E-state index in [0.29, 0.717) is 11.1 Å². The number of carbonyl (C=O) groups excluding carboxylic acids is 1. The molecule has 0 radical (unpaired) electrons. The van der Waals surface area contributed by atoms with Crippen molar-refractivity contribution in [2.75, 3.05) is 0 Å². The topological polar surface area (TPSA) is 34.1 Å². The van der Waals surface area contributed by atoms with E-state index in [-0.39, 0.29) is 5.78 Å². The van der Waals surface area contributed by atoms with Gasteiger partial charge in [0.05, 0.1) is 0 Å². The SMILES string of the molecule is O=C1c2ccccc2-c2cc(P(=O)(c3ccccc3)c3ccc4ccc5cccc6ccc3c4c56)ccc21. The van der Waals surface area contributed by atoms with Crippen LogP contribution < -0.4 is 15.9 Å². The highest BCUT2D eigenvalue weighted by atomic mass is 31.2. The van der Waals surface area contributed by atoms with Gasteiger partial charge in [0.1, 0.15) is 0 Å². The number of fused-ring (bicyclic) bond motifs is 3. The Labute approximate surface area is 219 Å². The van der Waals surface area contributed by atoms with Crippen LogP contribution in [0.3, 0.4) is 0 Å². The van der Waals surface area contributed by atoms with Crippen molar-refractivity contribution in [2.24, 2.45) is 0 Å². The van der Waals surface area contributed by atoms with Gasteiger partial charge in [0.25, 0.3) is 0 Å². The summed E-state index contributed by atoms with van der Waals surface area (Å²) in [6, 6.07) is 42.3. The number of carbonyl (C=O) groups is 1. The third kappa shape index (κ3) is 2.78. The lowest BCUT2D eigenvalue weighted by Crippen LogP contribution is -2.26. The van der Waals surface area contributed by atoms with E-state index in [1.54, 1.807) is 0 Å². The Balaban J connectivity index is 1.47. The van der Waals surface area contributed by atoms with Crippen LogP contribution in [-0.4, -0.2) is 5.78 Å². The lowest BCUT2D eigenvalue weighted by molar-refractivity contribution is 0.104. The zero-order chi connectivity index (χ0) is 25.4. The van der Waals surface area contributed by atoms with Crippen LogP contribution in [0, 0.1) is 0 Å². The summed E-state index contributed by atoms with van der Waals surface area (Å²) >= 11 is 0. The second kappa shape index (κ2) is 7.74. The Morgan fingerprint density at radius 2 is 1.08 bits per heavy atom. The standard InChI is InChI=1S/C35H21O2P/c36-35-28-12-5-4-11-27(28)31-21-26(17-19-29(31)35)38(37,25-9-2-1-3-10-25)32-20-16-24-14-13-22-7-6-8-23-15-18-30(32)34(24)33(22)23/h1-21H. The van der Waals surface area contributed by atoms with E-state index in [0.717, 1.165) is 43.2 Å². The minimum Gasteiger partial charge on any atom is -0.309 e. The van der Waals surface area contributed by atoms with Gasteiger partial charge in [-0.3, -0.25) is 4.79 Å². The van der Waals surface area contributed by atoms with Crippen LogP contribution in [0.5, 0.6) is 0 Å². The molecular formula is C35H21O2P. The largest absolute Gasteiger partial charge is 0.309 e. The highest BCUT2D eigenvalue weighted by Crippen LogP contribution is 2.48. The Morgan fingerprint density at radius 3 is 1.87 bits per heavy atom. The predicted molar refractivity (Wildman–Crippen MR) is 158 cm³/mol. The molecule has 8 rings (SSSR count). The van der Waals surface area contributed by atoms with Crippen LogP contribution in [0.1, 0.15) is 15.9 Å². The summed E-state index contributed by atoms with van der Waals surface area (Å²) in [4.78, 5) is 13.1. The van der Waals surface area contributed by atoms with E-state index >= 15 is 4.57 Å². The van der Waals surface area contributed by atoms with Crippen molar-refractivity contribution >= 4 is 61.2 Å². The quantitative estimate of drug-likeness (QED) is 0.185. The molecule has 0 heterocycles. The van der Waals surface area contributed by atoms with Crippen LogP contribution in [0.15, 0.2) is 127 Å². The Hall–Kier alpha value is -4.52. The molecule has 7 aromatic rings. The monoisotopic (exact) mass is 504 g/mol. The van der Waals surface area contributed by atoms with E-state index in [2.05, 4.69) is 48.5 Å². The number of hydrogen-bond donors (Lipinski definition) is 0. The van der Waals surface area contributed by atoms with Gasteiger partial charge >= 0.3 is 0 Å². The third-order valence-corrected chi connectivity index (χ3v) is 11.1. The molecule has 0 saturated heterocycles. The maximum absolute atomic E-state index is 15.7.